The smallest absolute Gasteiger partial charge is 0.320 e. The highest BCUT2D eigenvalue weighted by Crippen LogP contribution is 2.17. The zero-order chi connectivity index (χ0) is 14.5. The lowest BCUT2D eigenvalue weighted by molar-refractivity contribution is -0.137. The zero-order valence-corrected chi connectivity index (χ0v) is 11.8. The molecule has 2 heterocycles. The van der Waals surface area contributed by atoms with E-state index in [9.17, 15) is 9.59 Å². The number of carbonyl (C=O) groups is 2. The average molecular weight is 284 g/mol. The van der Waals surface area contributed by atoms with Crippen molar-refractivity contribution in [1.82, 2.24) is 14.7 Å². The van der Waals surface area contributed by atoms with Crippen LogP contribution in [-0.2, 0) is 4.79 Å². The molecule has 0 saturated carbocycles. The number of piperazine rings is 1. The summed E-state index contributed by atoms with van der Waals surface area (Å²) in [6.07, 6.45) is 1.17. The van der Waals surface area contributed by atoms with Gasteiger partial charge in [0, 0.05) is 45.8 Å². The Labute approximate surface area is 119 Å². The lowest BCUT2D eigenvalue weighted by Gasteiger charge is -2.36. The SMILES string of the molecule is NCC1CCN(C(=O)N2CCN(CCC(=O)O)CC2)C1. The normalized spacial score (nSPS) is 24.1. The Bertz CT molecular complexity index is 356. The van der Waals surface area contributed by atoms with E-state index >= 15 is 0 Å². The molecule has 114 valence electrons. The first-order chi connectivity index (χ1) is 9.60. The van der Waals surface area contributed by atoms with E-state index in [1.165, 1.54) is 0 Å². The van der Waals surface area contributed by atoms with Gasteiger partial charge in [-0.05, 0) is 18.9 Å². The van der Waals surface area contributed by atoms with Gasteiger partial charge in [-0.15, -0.1) is 0 Å². The van der Waals surface area contributed by atoms with Gasteiger partial charge in [-0.3, -0.25) is 9.69 Å². The van der Waals surface area contributed by atoms with Gasteiger partial charge in [0.05, 0.1) is 6.42 Å². The maximum Gasteiger partial charge on any atom is 0.320 e. The van der Waals surface area contributed by atoms with E-state index in [-0.39, 0.29) is 12.5 Å². The fraction of sp³-hybridized carbons (Fsp3) is 0.846. The molecule has 0 spiro atoms. The number of urea groups is 1. The van der Waals surface area contributed by atoms with Crippen LogP contribution in [0.3, 0.4) is 0 Å². The first-order valence-electron chi connectivity index (χ1n) is 7.28. The predicted octanol–water partition coefficient (Wildman–Crippen LogP) is -0.521. The number of carbonyl (C=O) groups excluding carboxylic acids is 1. The molecule has 2 aliphatic rings. The fourth-order valence-corrected chi connectivity index (χ4v) is 2.82. The molecule has 2 rings (SSSR count). The van der Waals surface area contributed by atoms with Crippen LogP contribution < -0.4 is 5.73 Å². The zero-order valence-electron chi connectivity index (χ0n) is 11.8. The van der Waals surface area contributed by atoms with Crippen molar-refractivity contribution < 1.29 is 14.7 Å². The summed E-state index contributed by atoms with van der Waals surface area (Å²) in [5.74, 6) is -0.329. The summed E-state index contributed by atoms with van der Waals surface area (Å²) in [5.41, 5.74) is 5.64. The first kappa shape index (κ1) is 15.1. The Morgan fingerprint density at radius 1 is 1.10 bits per heavy atom. The molecule has 7 nitrogen and oxygen atoms in total. The number of carboxylic acid groups (broad SMARTS) is 1. The van der Waals surface area contributed by atoms with E-state index in [4.69, 9.17) is 10.8 Å². The van der Waals surface area contributed by atoms with Crippen LogP contribution in [0.2, 0.25) is 0 Å². The van der Waals surface area contributed by atoms with Gasteiger partial charge in [-0.25, -0.2) is 4.79 Å². The van der Waals surface area contributed by atoms with E-state index < -0.39 is 5.97 Å². The van der Waals surface area contributed by atoms with Crippen molar-refractivity contribution in [3.63, 3.8) is 0 Å². The van der Waals surface area contributed by atoms with Crippen LogP contribution in [-0.4, -0.2) is 84.2 Å². The minimum Gasteiger partial charge on any atom is -0.481 e. The van der Waals surface area contributed by atoms with Gasteiger partial charge in [0.2, 0.25) is 0 Å². The van der Waals surface area contributed by atoms with Gasteiger partial charge in [0.25, 0.3) is 0 Å². The number of hydrogen-bond acceptors (Lipinski definition) is 4. The van der Waals surface area contributed by atoms with Gasteiger partial charge >= 0.3 is 12.0 Å². The summed E-state index contributed by atoms with van der Waals surface area (Å²) >= 11 is 0. The van der Waals surface area contributed by atoms with E-state index in [0.717, 1.165) is 32.6 Å². The molecule has 7 heteroatoms. The van der Waals surface area contributed by atoms with Gasteiger partial charge in [0.15, 0.2) is 0 Å². The molecule has 2 fully saturated rings. The molecule has 0 radical (unpaired) electrons. The second-order valence-electron chi connectivity index (χ2n) is 5.59. The molecule has 0 aromatic heterocycles. The van der Waals surface area contributed by atoms with Crippen molar-refractivity contribution in [2.24, 2.45) is 11.7 Å². The van der Waals surface area contributed by atoms with Crippen molar-refractivity contribution in [3.05, 3.63) is 0 Å². The number of aliphatic carboxylic acids is 1. The summed E-state index contributed by atoms with van der Waals surface area (Å²) in [7, 11) is 0. The van der Waals surface area contributed by atoms with Crippen LogP contribution >= 0.6 is 0 Å². The van der Waals surface area contributed by atoms with Crippen LogP contribution in [0.4, 0.5) is 4.79 Å². The number of likely N-dealkylation sites (tertiary alicyclic amines) is 1. The molecule has 2 amide bonds. The third kappa shape index (κ3) is 3.83. The predicted molar refractivity (Wildman–Crippen MR) is 74.4 cm³/mol. The standard InChI is InChI=1S/C13H24N4O3/c14-9-11-1-4-17(10-11)13(20)16-7-5-15(6-8-16)3-2-12(18)19/h11H,1-10,14H2,(H,18,19). The van der Waals surface area contributed by atoms with Crippen molar-refractivity contribution in [3.8, 4) is 0 Å². The van der Waals surface area contributed by atoms with Gasteiger partial charge in [-0.1, -0.05) is 0 Å². The Kier molecular flexibility index (Phi) is 5.19. The number of nitrogens with two attached hydrogens (primary N) is 1. The highest BCUT2D eigenvalue weighted by molar-refractivity contribution is 5.75. The molecule has 0 bridgehead atoms. The maximum atomic E-state index is 12.3. The van der Waals surface area contributed by atoms with Gasteiger partial charge in [0.1, 0.15) is 0 Å². The summed E-state index contributed by atoms with van der Waals surface area (Å²) in [6.45, 7) is 5.67. The molecular formula is C13H24N4O3. The second-order valence-corrected chi connectivity index (χ2v) is 5.59. The summed E-state index contributed by atoms with van der Waals surface area (Å²) in [4.78, 5) is 28.7. The Morgan fingerprint density at radius 3 is 2.35 bits per heavy atom. The first-order valence-corrected chi connectivity index (χ1v) is 7.28. The lowest BCUT2D eigenvalue weighted by Crippen LogP contribution is -2.52. The number of amides is 2. The van der Waals surface area contributed by atoms with E-state index in [0.29, 0.717) is 32.1 Å². The molecule has 1 unspecified atom stereocenters. The number of nitrogens with zero attached hydrogens (tertiary/aromatic N) is 3. The molecule has 0 aromatic carbocycles. The van der Waals surface area contributed by atoms with Crippen molar-refractivity contribution in [2.75, 3.05) is 52.4 Å². The minimum absolute atomic E-state index is 0.110. The number of rotatable bonds is 4. The molecule has 0 aliphatic carbocycles. The van der Waals surface area contributed by atoms with E-state index in [1.807, 2.05) is 9.80 Å². The largest absolute Gasteiger partial charge is 0.481 e. The van der Waals surface area contributed by atoms with E-state index in [2.05, 4.69) is 4.90 Å². The lowest BCUT2D eigenvalue weighted by atomic mass is 10.1. The number of hydrogen-bond donors (Lipinski definition) is 2. The average Bonchev–Trinajstić information content (AvgIpc) is 2.94. The summed E-state index contributed by atoms with van der Waals surface area (Å²) < 4.78 is 0. The molecule has 2 saturated heterocycles. The van der Waals surface area contributed by atoms with Crippen LogP contribution in [0.5, 0.6) is 0 Å². The molecule has 1 atom stereocenters. The van der Waals surface area contributed by atoms with Crippen molar-refractivity contribution in [2.45, 2.75) is 12.8 Å². The Balaban J connectivity index is 1.73. The van der Waals surface area contributed by atoms with Crippen LogP contribution in [0.1, 0.15) is 12.8 Å². The minimum atomic E-state index is -0.770. The molecule has 2 aliphatic heterocycles. The maximum absolute atomic E-state index is 12.3. The highest BCUT2D eigenvalue weighted by Gasteiger charge is 2.30. The van der Waals surface area contributed by atoms with Gasteiger partial charge < -0.3 is 20.6 Å². The van der Waals surface area contributed by atoms with Crippen LogP contribution in [0, 0.1) is 5.92 Å². The quantitative estimate of drug-likeness (QED) is 0.725. The Hall–Kier alpha value is -1.34. The van der Waals surface area contributed by atoms with Crippen LogP contribution in [0.25, 0.3) is 0 Å². The van der Waals surface area contributed by atoms with Crippen molar-refractivity contribution >= 4 is 12.0 Å². The topological polar surface area (TPSA) is 90.1 Å². The van der Waals surface area contributed by atoms with Crippen LogP contribution in [0.15, 0.2) is 0 Å². The molecule has 3 N–H and O–H groups in total. The summed E-state index contributed by atoms with van der Waals surface area (Å²) in [6, 6.07) is 0.110. The van der Waals surface area contributed by atoms with E-state index in [1.54, 1.807) is 0 Å². The second kappa shape index (κ2) is 6.90. The molecule has 0 aromatic rings. The number of carboxylic acids is 1. The fourth-order valence-electron chi connectivity index (χ4n) is 2.82. The summed E-state index contributed by atoms with van der Waals surface area (Å²) in [5, 5.41) is 8.67. The molecular weight excluding hydrogens is 260 g/mol. The highest BCUT2D eigenvalue weighted by atomic mass is 16.4. The third-order valence-electron chi connectivity index (χ3n) is 4.17. The monoisotopic (exact) mass is 284 g/mol. The molecule has 20 heavy (non-hydrogen) atoms. The van der Waals surface area contributed by atoms with Crippen molar-refractivity contribution in [1.29, 1.82) is 0 Å². The van der Waals surface area contributed by atoms with Gasteiger partial charge in [-0.2, -0.15) is 0 Å². The third-order valence-corrected chi connectivity index (χ3v) is 4.17. The Morgan fingerprint density at radius 2 is 1.80 bits per heavy atom.